The van der Waals surface area contributed by atoms with Gasteiger partial charge in [-0.25, -0.2) is 13.1 Å². The number of hydrogen-bond acceptors (Lipinski definition) is 3. The molecule has 0 spiro atoms. The summed E-state index contributed by atoms with van der Waals surface area (Å²) >= 11 is 0. The second-order valence-corrected chi connectivity index (χ2v) is 6.65. The van der Waals surface area contributed by atoms with Gasteiger partial charge in [0.2, 0.25) is 10.0 Å². The van der Waals surface area contributed by atoms with Gasteiger partial charge in [0, 0.05) is 6.04 Å². The smallest absolute Gasteiger partial charge is 0.211 e. The quantitative estimate of drug-likeness (QED) is 0.538. The molecule has 0 aliphatic rings. The van der Waals surface area contributed by atoms with Gasteiger partial charge in [-0.15, -0.1) is 0 Å². The molecule has 110 valence electrons. The zero-order chi connectivity index (χ0) is 13.9. The molecular formula is C13H30N2O2S. The molecule has 2 N–H and O–H groups in total. The molecule has 0 radical (unpaired) electrons. The largest absolute Gasteiger partial charge is 0.317 e. The normalized spacial score (nSPS) is 13.7. The molecule has 0 aliphatic carbocycles. The van der Waals surface area contributed by atoms with E-state index in [4.69, 9.17) is 0 Å². The third-order valence-electron chi connectivity index (χ3n) is 2.91. The first-order valence-electron chi connectivity index (χ1n) is 7.26. The molecule has 0 aliphatic heterocycles. The Morgan fingerprint density at radius 1 is 1.00 bits per heavy atom. The molecular weight excluding hydrogens is 248 g/mol. The maximum absolute atomic E-state index is 11.9. The molecule has 0 saturated heterocycles. The highest BCUT2D eigenvalue weighted by Gasteiger charge is 2.16. The first kappa shape index (κ1) is 17.9. The summed E-state index contributed by atoms with van der Waals surface area (Å²) in [6.07, 6.45) is 5.79. The summed E-state index contributed by atoms with van der Waals surface area (Å²) in [5, 5.41) is 3.14. The minimum atomic E-state index is -3.10. The second kappa shape index (κ2) is 10.8. The molecule has 4 nitrogen and oxygen atoms in total. The number of sulfonamides is 1. The fourth-order valence-corrected chi connectivity index (χ4v) is 3.32. The topological polar surface area (TPSA) is 58.2 Å². The minimum absolute atomic E-state index is 0.124. The van der Waals surface area contributed by atoms with E-state index in [1.165, 1.54) is 0 Å². The Labute approximate surface area is 113 Å². The maximum Gasteiger partial charge on any atom is 0.211 e. The summed E-state index contributed by atoms with van der Waals surface area (Å²) in [6.45, 7) is 7.91. The van der Waals surface area contributed by atoms with Gasteiger partial charge in [-0.3, -0.25) is 0 Å². The fourth-order valence-electron chi connectivity index (χ4n) is 1.94. The molecule has 18 heavy (non-hydrogen) atoms. The van der Waals surface area contributed by atoms with Gasteiger partial charge in [0.15, 0.2) is 0 Å². The Morgan fingerprint density at radius 3 is 2.28 bits per heavy atom. The highest BCUT2D eigenvalue weighted by molar-refractivity contribution is 7.89. The average molecular weight is 278 g/mol. The SMILES string of the molecule is CCCCC(CCC)NS(=O)(=O)CCCNCC. The van der Waals surface area contributed by atoms with Crippen LogP contribution in [0.2, 0.25) is 0 Å². The van der Waals surface area contributed by atoms with Gasteiger partial charge in [-0.2, -0.15) is 0 Å². The molecule has 1 unspecified atom stereocenters. The molecule has 0 rings (SSSR count). The van der Waals surface area contributed by atoms with Crippen molar-refractivity contribution < 1.29 is 8.42 Å². The lowest BCUT2D eigenvalue weighted by molar-refractivity contribution is 0.482. The molecule has 1 atom stereocenters. The van der Waals surface area contributed by atoms with Crippen LogP contribution in [0.3, 0.4) is 0 Å². The van der Waals surface area contributed by atoms with Crippen molar-refractivity contribution in [1.82, 2.24) is 10.0 Å². The van der Waals surface area contributed by atoms with Crippen molar-refractivity contribution in [2.24, 2.45) is 0 Å². The van der Waals surface area contributed by atoms with Crippen molar-refractivity contribution in [1.29, 1.82) is 0 Å². The van der Waals surface area contributed by atoms with E-state index in [1.54, 1.807) is 0 Å². The van der Waals surface area contributed by atoms with Crippen LogP contribution in [0.1, 0.15) is 59.3 Å². The number of rotatable bonds is 12. The lowest BCUT2D eigenvalue weighted by Crippen LogP contribution is -2.37. The van der Waals surface area contributed by atoms with Crippen molar-refractivity contribution in [3.05, 3.63) is 0 Å². The highest BCUT2D eigenvalue weighted by Crippen LogP contribution is 2.08. The molecule has 0 bridgehead atoms. The number of hydrogen-bond donors (Lipinski definition) is 2. The zero-order valence-electron chi connectivity index (χ0n) is 12.2. The van der Waals surface area contributed by atoms with Gasteiger partial charge < -0.3 is 5.32 Å². The van der Waals surface area contributed by atoms with Gasteiger partial charge in [0.1, 0.15) is 0 Å². The Balaban J connectivity index is 4.06. The molecule has 0 amide bonds. The second-order valence-electron chi connectivity index (χ2n) is 4.77. The Morgan fingerprint density at radius 2 is 1.72 bits per heavy atom. The van der Waals surface area contributed by atoms with Crippen LogP contribution < -0.4 is 10.0 Å². The summed E-state index contributed by atoms with van der Waals surface area (Å²) in [5.74, 6) is 0.229. The van der Waals surface area contributed by atoms with E-state index < -0.39 is 10.0 Å². The Bertz CT molecular complexity index is 279. The van der Waals surface area contributed by atoms with E-state index in [0.717, 1.165) is 45.2 Å². The molecule has 5 heteroatoms. The minimum Gasteiger partial charge on any atom is -0.317 e. The van der Waals surface area contributed by atoms with Gasteiger partial charge in [0.25, 0.3) is 0 Å². The van der Waals surface area contributed by atoms with Crippen LogP contribution in [0.25, 0.3) is 0 Å². The Kier molecular flexibility index (Phi) is 10.7. The van der Waals surface area contributed by atoms with Gasteiger partial charge >= 0.3 is 0 Å². The number of nitrogens with one attached hydrogen (secondary N) is 2. The van der Waals surface area contributed by atoms with Crippen LogP contribution in [-0.2, 0) is 10.0 Å². The van der Waals surface area contributed by atoms with Crippen LogP contribution in [0.4, 0.5) is 0 Å². The van der Waals surface area contributed by atoms with E-state index in [-0.39, 0.29) is 11.8 Å². The van der Waals surface area contributed by atoms with E-state index >= 15 is 0 Å². The van der Waals surface area contributed by atoms with E-state index in [0.29, 0.717) is 6.42 Å². The van der Waals surface area contributed by atoms with Crippen molar-refractivity contribution in [2.45, 2.75) is 65.3 Å². The first-order valence-corrected chi connectivity index (χ1v) is 8.91. The van der Waals surface area contributed by atoms with Crippen molar-refractivity contribution >= 4 is 10.0 Å². The molecule has 0 heterocycles. The first-order chi connectivity index (χ1) is 8.55. The summed E-state index contributed by atoms with van der Waals surface area (Å²) in [6, 6.07) is 0.124. The standard InChI is InChI=1S/C13H30N2O2S/c1-4-7-10-13(9-5-2)15-18(16,17)12-8-11-14-6-3/h13-15H,4-12H2,1-3H3. The molecule has 0 aromatic heterocycles. The molecule has 0 aromatic carbocycles. The van der Waals surface area contributed by atoms with E-state index in [2.05, 4.69) is 23.9 Å². The third-order valence-corrected chi connectivity index (χ3v) is 4.42. The van der Waals surface area contributed by atoms with E-state index in [1.807, 2.05) is 6.92 Å². The summed E-state index contributed by atoms with van der Waals surface area (Å²) in [4.78, 5) is 0. The molecule has 0 aromatic rings. The predicted molar refractivity (Wildman–Crippen MR) is 78.3 cm³/mol. The lowest BCUT2D eigenvalue weighted by atomic mass is 10.1. The van der Waals surface area contributed by atoms with Gasteiger partial charge in [-0.1, -0.05) is 40.0 Å². The van der Waals surface area contributed by atoms with Gasteiger partial charge in [0.05, 0.1) is 5.75 Å². The summed E-state index contributed by atoms with van der Waals surface area (Å²) in [5.41, 5.74) is 0. The Hall–Kier alpha value is -0.130. The third kappa shape index (κ3) is 9.85. The highest BCUT2D eigenvalue weighted by atomic mass is 32.2. The summed E-state index contributed by atoms with van der Waals surface area (Å²) in [7, 11) is -3.10. The molecule has 0 saturated carbocycles. The fraction of sp³-hybridized carbons (Fsp3) is 1.00. The van der Waals surface area contributed by atoms with Crippen molar-refractivity contribution in [3.63, 3.8) is 0 Å². The average Bonchev–Trinajstić information content (AvgIpc) is 2.32. The maximum atomic E-state index is 11.9. The number of unbranched alkanes of at least 4 members (excludes halogenated alkanes) is 1. The molecule has 0 fully saturated rings. The predicted octanol–water partition coefficient (Wildman–Crippen LogP) is 2.26. The van der Waals surface area contributed by atoms with Crippen LogP contribution in [0, 0.1) is 0 Å². The monoisotopic (exact) mass is 278 g/mol. The van der Waals surface area contributed by atoms with Crippen molar-refractivity contribution in [2.75, 3.05) is 18.8 Å². The van der Waals surface area contributed by atoms with Crippen molar-refractivity contribution in [3.8, 4) is 0 Å². The lowest BCUT2D eigenvalue weighted by Gasteiger charge is -2.17. The van der Waals surface area contributed by atoms with Crippen LogP contribution in [0.5, 0.6) is 0 Å². The van der Waals surface area contributed by atoms with Crippen LogP contribution >= 0.6 is 0 Å². The zero-order valence-corrected chi connectivity index (χ0v) is 13.0. The summed E-state index contributed by atoms with van der Waals surface area (Å²) < 4.78 is 26.7. The van der Waals surface area contributed by atoms with Crippen LogP contribution in [0.15, 0.2) is 0 Å². The van der Waals surface area contributed by atoms with Crippen LogP contribution in [-0.4, -0.2) is 33.3 Å². The van der Waals surface area contributed by atoms with Gasteiger partial charge in [-0.05, 0) is 32.4 Å². The van der Waals surface area contributed by atoms with E-state index in [9.17, 15) is 8.42 Å².